The molecule has 38 heavy (non-hydrogen) atoms. The van der Waals surface area contributed by atoms with Crippen LogP contribution in [0.15, 0.2) is 72.6 Å². The number of pyridine rings is 1. The van der Waals surface area contributed by atoms with Gasteiger partial charge < -0.3 is 20.1 Å². The molecule has 200 valence electrons. The molecule has 6 nitrogen and oxygen atoms in total. The van der Waals surface area contributed by atoms with Crippen LogP contribution in [-0.2, 0) is 0 Å². The van der Waals surface area contributed by atoms with Crippen molar-refractivity contribution >= 4 is 23.1 Å². The number of aliphatic hydroxyl groups excluding tert-OH is 1. The average Bonchev–Trinajstić information content (AvgIpc) is 2.94. The first kappa shape index (κ1) is 27.8. The normalized spacial score (nSPS) is 15.6. The van der Waals surface area contributed by atoms with Gasteiger partial charge in [0.1, 0.15) is 17.7 Å². The number of aliphatic hydroxyl groups is 1. The van der Waals surface area contributed by atoms with E-state index >= 15 is 0 Å². The summed E-state index contributed by atoms with van der Waals surface area (Å²) in [5.74, 6) is -0.0479. The molecule has 1 aliphatic rings. The summed E-state index contributed by atoms with van der Waals surface area (Å²) in [6.07, 6.45) is 4.32. The van der Waals surface area contributed by atoms with Crippen LogP contribution in [0.5, 0.6) is 5.75 Å². The number of hydrogen-bond acceptors (Lipinski definition) is 5. The molecule has 1 aromatic heterocycles. The van der Waals surface area contributed by atoms with Crippen LogP contribution in [0.4, 0.5) is 4.39 Å². The van der Waals surface area contributed by atoms with Crippen molar-refractivity contribution < 1.29 is 19.0 Å². The highest BCUT2D eigenvalue weighted by atomic mass is 35.5. The molecule has 0 spiro atoms. The number of piperidine rings is 1. The Kier molecular flexibility index (Phi) is 9.50. The summed E-state index contributed by atoms with van der Waals surface area (Å²) in [5.41, 5.74) is 5.91. The van der Waals surface area contributed by atoms with Gasteiger partial charge in [0, 0.05) is 19.3 Å². The molecular formula is C30H33ClFN3O3. The van der Waals surface area contributed by atoms with E-state index in [1.165, 1.54) is 30.1 Å². The van der Waals surface area contributed by atoms with E-state index in [-0.39, 0.29) is 30.3 Å². The Morgan fingerprint density at radius 3 is 2.32 bits per heavy atom. The van der Waals surface area contributed by atoms with E-state index in [1.54, 1.807) is 6.07 Å². The van der Waals surface area contributed by atoms with Gasteiger partial charge in [-0.3, -0.25) is 9.78 Å². The number of carbonyl (C=O) groups excluding carboxylic acids is 1. The number of alkyl halides is 1. The van der Waals surface area contributed by atoms with Crippen LogP contribution in [0.25, 0.3) is 5.57 Å². The second kappa shape index (κ2) is 13.0. The Morgan fingerprint density at radius 1 is 1.08 bits per heavy atom. The van der Waals surface area contributed by atoms with E-state index in [0.29, 0.717) is 11.3 Å². The molecule has 0 saturated carbocycles. The second-order valence-electron chi connectivity index (χ2n) is 9.59. The topological polar surface area (TPSA) is 74.7 Å². The molecular weight excluding hydrogens is 505 g/mol. The molecule has 2 N–H and O–H groups in total. The lowest BCUT2D eigenvalue weighted by Gasteiger charge is -2.27. The minimum absolute atomic E-state index is 0.122. The fourth-order valence-corrected chi connectivity index (χ4v) is 4.71. The van der Waals surface area contributed by atoms with E-state index in [2.05, 4.69) is 34.4 Å². The van der Waals surface area contributed by atoms with Crippen LogP contribution < -0.4 is 10.1 Å². The average molecular weight is 538 g/mol. The van der Waals surface area contributed by atoms with E-state index in [1.807, 2.05) is 31.2 Å². The van der Waals surface area contributed by atoms with Gasteiger partial charge in [-0.05, 0) is 67.3 Å². The fourth-order valence-electron chi connectivity index (χ4n) is 4.55. The Bertz CT molecular complexity index is 1250. The number of ether oxygens (including phenoxy) is 1. The molecule has 2 aromatic carbocycles. The maximum atomic E-state index is 13.6. The van der Waals surface area contributed by atoms with Gasteiger partial charge in [0.2, 0.25) is 0 Å². The maximum absolute atomic E-state index is 13.6. The van der Waals surface area contributed by atoms with Gasteiger partial charge in [-0.25, -0.2) is 4.39 Å². The minimum atomic E-state index is -0.571. The van der Waals surface area contributed by atoms with Crippen molar-refractivity contribution in [2.24, 2.45) is 0 Å². The molecule has 2 heterocycles. The SMILES string of the molecule is C[C@@H](NC(=O)c1cncc(OC(CO)CCl)c1)c1ccc(C(=C2CCN(C)CC2)c2ccc(F)cc2)cc1. The standard InChI is InChI=1S/C30H33ClFN3O3/c1-20(34-30(37)25-15-27(18-33-17-25)38-28(16-31)19-36)21-3-5-22(6-4-21)29(23-7-9-26(32)10-8-23)24-11-13-35(2)14-12-24/h3-10,15,17-18,20,28,36H,11-14,16,19H2,1-2H3,(H,34,37)/t20-,28?/m1/s1. The Morgan fingerprint density at radius 2 is 1.71 bits per heavy atom. The second-order valence-corrected chi connectivity index (χ2v) is 9.90. The van der Waals surface area contributed by atoms with Crippen molar-refractivity contribution in [1.29, 1.82) is 0 Å². The van der Waals surface area contributed by atoms with Crippen LogP contribution in [0.3, 0.4) is 0 Å². The predicted octanol–water partition coefficient (Wildman–Crippen LogP) is 5.22. The molecule has 8 heteroatoms. The zero-order chi connectivity index (χ0) is 27.1. The smallest absolute Gasteiger partial charge is 0.253 e. The first-order chi connectivity index (χ1) is 18.4. The molecule has 1 fully saturated rings. The van der Waals surface area contributed by atoms with Gasteiger partial charge in [0.15, 0.2) is 0 Å². The van der Waals surface area contributed by atoms with Crippen LogP contribution in [0.1, 0.15) is 52.9 Å². The van der Waals surface area contributed by atoms with Gasteiger partial charge in [0.25, 0.3) is 5.91 Å². The molecule has 2 atom stereocenters. The third-order valence-electron chi connectivity index (χ3n) is 6.78. The third kappa shape index (κ3) is 6.98. The van der Waals surface area contributed by atoms with Crippen LogP contribution in [-0.4, -0.2) is 59.6 Å². The van der Waals surface area contributed by atoms with Gasteiger partial charge in [0.05, 0.1) is 30.3 Å². The number of rotatable bonds is 9. The molecule has 1 amide bonds. The van der Waals surface area contributed by atoms with Crippen molar-refractivity contribution in [2.75, 3.05) is 32.6 Å². The molecule has 4 rings (SSSR count). The summed E-state index contributed by atoms with van der Waals surface area (Å²) in [6.45, 7) is 3.68. The zero-order valence-corrected chi connectivity index (χ0v) is 22.4. The lowest BCUT2D eigenvalue weighted by atomic mass is 9.88. The summed E-state index contributed by atoms with van der Waals surface area (Å²) < 4.78 is 19.2. The number of likely N-dealkylation sites (tertiary alicyclic amines) is 1. The van der Waals surface area contributed by atoms with Crippen LogP contribution in [0, 0.1) is 5.82 Å². The van der Waals surface area contributed by atoms with Gasteiger partial charge >= 0.3 is 0 Å². The number of nitrogens with one attached hydrogen (secondary N) is 1. The van der Waals surface area contributed by atoms with Gasteiger partial charge in [-0.1, -0.05) is 42.0 Å². The molecule has 3 aromatic rings. The highest BCUT2D eigenvalue weighted by Gasteiger charge is 2.19. The van der Waals surface area contributed by atoms with Crippen LogP contribution >= 0.6 is 11.6 Å². The number of amides is 1. The molecule has 1 unspecified atom stereocenters. The van der Waals surface area contributed by atoms with Crippen molar-refractivity contribution in [3.63, 3.8) is 0 Å². The Hall–Kier alpha value is -3.26. The summed E-state index contributed by atoms with van der Waals surface area (Å²) in [6, 6.07) is 16.2. The third-order valence-corrected chi connectivity index (χ3v) is 7.12. The number of carbonyl (C=O) groups is 1. The highest BCUT2D eigenvalue weighted by Crippen LogP contribution is 2.33. The fraction of sp³-hybridized carbons (Fsp3) is 0.333. The quantitative estimate of drug-likeness (QED) is 0.366. The van der Waals surface area contributed by atoms with E-state index in [9.17, 15) is 14.3 Å². The molecule has 1 saturated heterocycles. The number of nitrogens with zero attached hydrogens (tertiary/aromatic N) is 2. The predicted molar refractivity (Wildman–Crippen MR) is 148 cm³/mol. The summed E-state index contributed by atoms with van der Waals surface area (Å²) in [4.78, 5) is 19.3. The molecule has 0 radical (unpaired) electrons. The van der Waals surface area contributed by atoms with Gasteiger partial charge in [-0.2, -0.15) is 0 Å². The maximum Gasteiger partial charge on any atom is 0.253 e. The number of hydrogen-bond donors (Lipinski definition) is 2. The minimum Gasteiger partial charge on any atom is -0.485 e. The zero-order valence-electron chi connectivity index (χ0n) is 21.7. The van der Waals surface area contributed by atoms with Crippen molar-refractivity contribution in [1.82, 2.24) is 15.2 Å². The van der Waals surface area contributed by atoms with E-state index in [0.717, 1.165) is 48.2 Å². The molecule has 0 aliphatic carbocycles. The lowest BCUT2D eigenvalue weighted by molar-refractivity contribution is 0.0938. The summed E-state index contributed by atoms with van der Waals surface area (Å²) >= 11 is 5.77. The summed E-state index contributed by atoms with van der Waals surface area (Å²) in [5, 5.41) is 12.3. The Labute approximate surface area is 228 Å². The van der Waals surface area contributed by atoms with Gasteiger partial charge in [-0.15, -0.1) is 11.6 Å². The first-order valence-corrected chi connectivity index (χ1v) is 13.3. The van der Waals surface area contributed by atoms with Crippen molar-refractivity contribution in [2.45, 2.75) is 31.9 Å². The van der Waals surface area contributed by atoms with Crippen molar-refractivity contribution in [3.05, 3.63) is 101 Å². The van der Waals surface area contributed by atoms with E-state index in [4.69, 9.17) is 16.3 Å². The number of benzene rings is 2. The lowest BCUT2D eigenvalue weighted by Crippen LogP contribution is -2.27. The monoisotopic (exact) mass is 537 g/mol. The summed E-state index contributed by atoms with van der Waals surface area (Å²) in [7, 11) is 2.13. The van der Waals surface area contributed by atoms with E-state index < -0.39 is 6.10 Å². The highest BCUT2D eigenvalue weighted by molar-refractivity contribution is 6.18. The first-order valence-electron chi connectivity index (χ1n) is 12.7. The van der Waals surface area contributed by atoms with Crippen LogP contribution in [0.2, 0.25) is 0 Å². The number of aromatic nitrogens is 1. The van der Waals surface area contributed by atoms with Crippen molar-refractivity contribution in [3.8, 4) is 5.75 Å². The largest absolute Gasteiger partial charge is 0.485 e. The molecule has 0 bridgehead atoms. The number of halogens is 2. The Balaban J connectivity index is 1.51. The molecule has 1 aliphatic heterocycles.